The molecule has 7 heteroatoms. The second kappa shape index (κ2) is 9.09. The third-order valence-electron chi connectivity index (χ3n) is 4.95. The van der Waals surface area contributed by atoms with Crippen LogP contribution in [-0.2, 0) is 6.54 Å². The minimum Gasteiger partial charge on any atom is -0.362 e. The SMILES string of the molecule is Cc1cnc(N[C@H]2CC[C@@H](NCc3cc(Cl)cc(Cl)c3)CC2)nc1N(C)C. The summed E-state index contributed by atoms with van der Waals surface area (Å²) < 4.78 is 0. The molecule has 2 aromatic rings. The number of anilines is 2. The van der Waals surface area contributed by atoms with Crippen molar-refractivity contribution in [1.29, 1.82) is 0 Å². The van der Waals surface area contributed by atoms with Gasteiger partial charge in [-0.15, -0.1) is 0 Å². The number of nitrogens with one attached hydrogen (secondary N) is 2. The first-order valence-corrected chi connectivity index (χ1v) is 10.1. The Morgan fingerprint density at radius 1 is 1.04 bits per heavy atom. The summed E-state index contributed by atoms with van der Waals surface area (Å²) in [6.07, 6.45) is 6.33. The summed E-state index contributed by atoms with van der Waals surface area (Å²) >= 11 is 12.1. The van der Waals surface area contributed by atoms with Gasteiger partial charge in [-0.2, -0.15) is 4.98 Å². The Balaban J connectivity index is 1.48. The molecular formula is C20H27Cl2N5. The lowest BCUT2D eigenvalue weighted by molar-refractivity contribution is 0.352. The maximum absolute atomic E-state index is 6.07. The van der Waals surface area contributed by atoms with Gasteiger partial charge in [0.25, 0.3) is 0 Å². The summed E-state index contributed by atoms with van der Waals surface area (Å²) in [5.74, 6) is 1.68. The van der Waals surface area contributed by atoms with Crippen molar-refractivity contribution in [2.75, 3.05) is 24.3 Å². The Hall–Kier alpha value is -1.56. The molecule has 1 aliphatic carbocycles. The first-order chi connectivity index (χ1) is 12.9. The van der Waals surface area contributed by atoms with Crippen molar-refractivity contribution in [2.45, 2.75) is 51.2 Å². The maximum atomic E-state index is 6.07. The Labute approximate surface area is 171 Å². The monoisotopic (exact) mass is 407 g/mol. The molecule has 0 amide bonds. The van der Waals surface area contributed by atoms with Crippen LogP contribution in [-0.4, -0.2) is 36.1 Å². The normalized spacial score (nSPS) is 19.7. The molecule has 0 saturated heterocycles. The van der Waals surface area contributed by atoms with Gasteiger partial charge in [0.2, 0.25) is 5.95 Å². The van der Waals surface area contributed by atoms with E-state index in [1.54, 1.807) is 6.07 Å². The van der Waals surface area contributed by atoms with Gasteiger partial charge >= 0.3 is 0 Å². The van der Waals surface area contributed by atoms with Crippen LogP contribution in [0.25, 0.3) is 0 Å². The molecule has 146 valence electrons. The minimum atomic E-state index is 0.418. The van der Waals surface area contributed by atoms with E-state index in [1.807, 2.05) is 44.2 Å². The van der Waals surface area contributed by atoms with Crippen LogP contribution in [0.3, 0.4) is 0 Å². The summed E-state index contributed by atoms with van der Waals surface area (Å²) in [7, 11) is 4.01. The van der Waals surface area contributed by atoms with Crippen LogP contribution in [0.1, 0.15) is 36.8 Å². The zero-order chi connectivity index (χ0) is 19.4. The van der Waals surface area contributed by atoms with Gasteiger partial charge in [0.1, 0.15) is 5.82 Å². The average Bonchev–Trinajstić information content (AvgIpc) is 2.62. The molecule has 0 bridgehead atoms. The van der Waals surface area contributed by atoms with E-state index in [2.05, 4.69) is 20.6 Å². The summed E-state index contributed by atoms with van der Waals surface area (Å²) in [5.41, 5.74) is 2.21. The van der Waals surface area contributed by atoms with Crippen LogP contribution >= 0.6 is 23.2 Å². The Kier molecular flexibility index (Phi) is 6.79. The molecule has 2 N–H and O–H groups in total. The number of hydrogen-bond acceptors (Lipinski definition) is 5. The van der Waals surface area contributed by atoms with Gasteiger partial charge in [0, 0.05) is 54.5 Å². The smallest absolute Gasteiger partial charge is 0.224 e. The minimum absolute atomic E-state index is 0.418. The summed E-state index contributed by atoms with van der Waals surface area (Å²) in [5, 5.41) is 8.49. The van der Waals surface area contributed by atoms with E-state index < -0.39 is 0 Å². The highest BCUT2D eigenvalue weighted by Gasteiger charge is 2.21. The molecule has 3 rings (SSSR count). The molecule has 1 saturated carbocycles. The molecule has 0 radical (unpaired) electrons. The lowest BCUT2D eigenvalue weighted by Crippen LogP contribution is -2.37. The van der Waals surface area contributed by atoms with Crippen LogP contribution in [0.15, 0.2) is 24.4 Å². The average molecular weight is 408 g/mol. The lowest BCUT2D eigenvalue weighted by atomic mass is 9.91. The molecule has 1 aromatic heterocycles. The van der Waals surface area contributed by atoms with Crippen molar-refractivity contribution in [3.63, 3.8) is 0 Å². The second-order valence-corrected chi connectivity index (χ2v) is 8.32. The molecule has 1 fully saturated rings. The number of aromatic nitrogens is 2. The highest BCUT2D eigenvalue weighted by atomic mass is 35.5. The summed E-state index contributed by atoms with van der Waals surface area (Å²) in [6, 6.07) is 6.62. The van der Waals surface area contributed by atoms with E-state index in [9.17, 15) is 0 Å². The summed E-state index contributed by atoms with van der Waals surface area (Å²) in [6.45, 7) is 2.82. The van der Waals surface area contributed by atoms with Gasteiger partial charge in [-0.3, -0.25) is 0 Å². The fraction of sp³-hybridized carbons (Fsp3) is 0.500. The molecule has 5 nitrogen and oxygen atoms in total. The standard InChI is InChI=1S/C20H27Cl2N5/c1-13-11-24-20(26-19(13)27(2)3)25-18-6-4-17(5-7-18)23-12-14-8-15(21)10-16(22)9-14/h8-11,17-18,23H,4-7,12H2,1-3H3,(H,24,25,26)/t17-,18+. The van der Waals surface area contributed by atoms with Gasteiger partial charge in [-0.25, -0.2) is 4.98 Å². The Morgan fingerprint density at radius 3 is 2.30 bits per heavy atom. The van der Waals surface area contributed by atoms with Crippen molar-refractivity contribution >= 4 is 35.0 Å². The number of rotatable bonds is 6. The quantitative estimate of drug-likeness (QED) is 0.728. The molecule has 0 atom stereocenters. The first kappa shape index (κ1) is 20.2. The van der Waals surface area contributed by atoms with Crippen LogP contribution in [0.4, 0.5) is 11.8 Å². The summed E-state index contributed by atoms with van der Waals surface area (Å²) in [4.78, 5) is 11.1. The second-order valence-electron chi connectivity index (χ2n) is 7.45. The van der Waals surface area contributed by atoms with Gasteiger partial charge in [-0.1, -0.05) is 23.2 Å². The maximum Gasteiger partial charge on any atom is 0.224 e. The van der Waals surface area contributed by atoms with Crippen molar-refractivity contribution in [1.82, 2.24) is 15.3 Å². The fourth-order valence-corrected chi connectivity index (χ4v) is 4.13. The van der Waals surface area contributed by atoms with E-state index >= 15 is 0 Å². The predicted molar refractivity (Wildman–Crippen MR) is 114 cm³/mol. The number of aryl methyl sites for hydroxylation is 1. The molecule has 0 aliphatic heterocycles. The lowest BCUT2D eigenvalue weighted by Gasteiger charge is -2.30. The highest BCUT2D eigenvalue weighted by molar-refractivity contribution is 6.34. The molecule has 27 heavy (non-hydrogen) atoms. The molecule has 1 aliphatic rings. The van der Waals surface area contributed by atoms with E-state index in [0.717, 1.165) is 49.2 Å². The molecule has 0 spiro atoms. The molecule has 1 heterocycles. The third-order valence-corrected chi connectivity index (χ3v) is 5.38. The number of hydrogen-bond donors (Lipinski definition) is 2. The van der Waals surface area contributed by atoms with Crippen molar-refractivity contribution in [3.05, 3.63) is 45.6 Å². The van der Waals surface area contributed by atoms with Gasteiger partial charge in [0.05, 0.1) is 0 Å². The topological polar surface area (TPSA) is 53.1 Å². The van der Waals surface area contributed by atoms with E-state index in [-0.39, 0.29) is 0 Å². The Morgan fingerprint density at radius 2 is 1.67 bits per heavy atom. The largest absolute Gasteiger partial charge is 0.362 e. The van der Waals surface area contributed by atoms with Crippen molar-refractivity contribution < 1.29 is 0 Å². The first-order valence-electron chi connectivity index (χ1n) is 9.36. The fourth-order valence-electron chi connectivity index (χ4n) is 3.55. The van der Waals surface area contributed by atoms with Gasteiger partial charge in [-0.05, 0) is 56.4 Å². The van der Waals surface area contributed by atoms with Crippen molar-refractivity contribution in [2.24, 2.45) is 0 Å². The van der Waals surface area contributed by atoms with Crippen LogP contribution in [0, 0.1) is 6.92 Å². The van der Waals surface area contributed by atoms with E-state index in [4.69, 9.17) is 23.2 Å². The number of halogens is 2. The van der Waals surface area contributed by atoms with Crippen molar-refractivity contribution in [3.8, 4) is 0 Å². The van der Waals surface area contributed by atoms with E-state index in [0.29, 0.717) is 28.1 Å². The van der Waals surface area contributed by atoms with Crippen LogP contribution in [0.5, 0.6) is 0 Å². The zero-order valence-electron chi connectivity index (χ0n) is 16.1. The third kappa shape index (κ3) is 5.71. The van der Waals surface area contributed by atoms with Gasteiger partial charge in [0.15, 0.2) is 0 Å². The Bertz CT molecular complexity index is 753. The highest BCUT2D eigenvalue weighted by Crippen LogP contribution is 2.24. The zero-order valence-corrected chi connectivity index (χ0v) is 17.6. The number of benzene rings is 1. The van der Waals surface area contributed by atoms with Crippen LogP contribution in [0.2, 0.25) is 10.0 Å². The van der Waals surface area contributed by atoms with E-state index in [1.165, 1.54) is 0 Å². The molecular weight excluding hydrogens is 381 g/mol. The number of nitrogens with zero attached hydrogens (tertiary/aromatic N) is 3. The van der Waals surface area contributed by atoms with Crippen LogP contribution < -0.4 is 15.5 Å². The molecule has 1 aromatic carbocycles. The van der Waals surface area contributed by atoms with Gasteiger partial charge < -0.3 is 15.5 Å². The molecule has 0 unspecified atom stereocenters. The predicted octanol–water partition coefficient (Wildman–Crippen LogP) is 4.67.